The number of carbonyl (C=O) groups excluding carboxylic acids is 2. The number of carbonyl (C=O) groups is 2. The van der Waals surface area contributed by atoms with E-state index in [-0.39, 0.29) is 11.6 Å². The summed E-state index contributed by atoms with van der Waals surface area (Å²) in [5.74, 6) is -0.556. The normalized spacial score (nSPS) is 12.0. The average molecular weight is 281 g/mol. The molecule has 7 nitrogen and oxygen atoms in total. The molecule has 0 saturated heterocycles. The molecule has 1 unspecified atom stereocenters. The number of amides is 2. The summed E-state index contributed by atoms with van der Waals surface area (Å²) in [6, 6.07) is -0.608. The van der Waals surface area contributed by atoms with Gasteiger partial charge >= 0.3 is 0 Å². The minimum Gasteiger partial charge on any atom is -0.395 e. The second kappa shape index (κ2) is 6.93. The number of aromatic nitrogens is 2. The number of aryl methyl sites for hydroxylation is 1. The van der Waals surface area contributed by atoms with Crippen molar-refractivity contribution in [2.45, 2.75) is 40.2 Å². The molecule has 1 aromatic rings. The van der Waals surface area contributed by atoms with Gasteiger partial charge in [0.1, 0.15) is 6.04 Å². The Hall–Kier alpha value is -2.05. The van der Waals surface area contributed by atoms with Crippen LogP contribution in [0.3, 0.4) is 0 Å². The van der Waals surface area contributed by atoms with Crippen LogP contribution in [0.4, 0.5) is 5.69 Å². The van der Waals surface area contributed by atoms with E-state index in [1.165, 1.54) is 0 Å². The van der Waals surface area contributed by atoms with Gasteiger partial charge in [-0.25, -0.2) is 0 Å². The molecule has 0 aromatic carbocycles. The van der Waals surface area contributed by atoms with Gasteiger partial charge in [0.2, 0.25) is 5.91 Å². The minimum atomic E-state index is -0.608. The maximum atomic E-state index is 12.1. The molecule has 112 valence electrons. The molecular weight excluding hydrogens is 258 g/mol. The Bertz CT molecular complexity index is 479. The Morgan fingerprint density at radius 2 is 1.95 bits per heavy atom. The van der Waals surface area contributed by atoms with E-state index in [0.29, 0.717) is 25.2 Å². The summed E-state index contributed by atoms with van der Waals surface area (Å²) in [5.41, 5.74) is 7.03. The average Bonchev–Trinajstić information content (AvgIpc) is 2.80. The minimum absolute atomic E-state index is 0.117. The van der Waals surface area contributed by atoms with Gasteiger partial charge in [0.25, 0.3) is 5.91 Å². The van der Waals surface area contributed by atoms with Crippen LogP contribution < -0.4 is 11.1 Å². The number of hydrogen-bond acceptors (Lipinski definition) is 4. The maximum Gasteiger partial charge on any atom is 0.274 e. The Kier molecular flexibility index (Phi) is 5.54. The molecule has 1 aromatic heterocycles. The highest BCUT2D eigenvalue weighted by molar-refractivity contribution is 6.00. The number of hydrogen-bond donors (Lipinski definition) is 3. The van der Waals surface area contributed by atoms with Gasteiger partial charge in [0.05, 0.1) is 11.4 Å². The first-order valence-electron chi connectivity index (χ1n) is 6.88. The van der Waals surface area contributed by atoms with Gasteiger partial charge in [-0.1, -0.05) is 6.92 Å². The predicted octanol–water partition coefficient (Wildman–Crippen LogP) is 0.541. The first-order chi connectivity index (χ1) is 9.46. The highest BCUT2D eigenvalue weighted by Crippen LogP contribution is 2.14. The molecule has 1 atom stereocenters. The van der Waals surface area contributed by atoms with Crippen LogP contribution >= 0.6 is 0 Å². The molecule has 0 saturated carbocycles. The standard InChI is InChI=1S/C13H23N5O2/c1-5-9-10(14)11(17-16-9)12(19)15-8(4)13(20)18(6-2)7-3/h8H,5-7,14H2,1-4H3,(H,15,19)(H,16,17). The fourth-order valence-corrected chi connectivity index (χ4v) is 1.97. The van der Waals surface area contributed by atoms with Crippen LogP contribution in [-0.4, -0.2) is 46.0 Å². The van der Waals surface area contributed by atoms with Gasteiger partial charge in [-0.3, -0.25) is 14.7 Å². The summed E-state index contributed by atoms with van der Waals surface area (Å²) in [5, 5.41) is 9.25. The quantitative estimate of drug-likeness (QED) is 0.708. The van der Waals surface area contributed by atoms with Gasteiger partial charge in [-0.05, 0) is 27.2 Å². The highest BCUT2D eigenvalue weighted by Gasteiger charge is 2.23. The number of rotatable bonds is 6. The van der Waals surface area contributed by atoms with E-state index < -0.39 is 11.9 Å². The number of anilines is 1. The molecule has 1 rings (SSSR count). The van der Waals surface area contributed by atoms with Crippen LogP contribution in [0.2, 0.25) is 0 Å². The second-order valence-corrected chi connectivity index (χ2v) is 4.52. The Balaban J connectivity index is 2.75. The van der Waals surface area contributed by atoms with Gasteiger partial charge in [0.15, 0.2) is 5.69 Å². The SMILES string of the molecule is CCc1[nH]nc(C(=O)NC(C)C(=O)N(CC)CC)c1N. The second-order valence-electron chi connectivity index (χ2n) is 4.52. The largest absolute Gasteiger partial charge is 0.395 e. The van der Waals surface area contributed by atoms with E-state index >= 15 is 0 Å². The van der Waals surface area contributed by atoms with Crippen molar-refractivity contribution in [1.82, 2.24) is 20.4 Å². The van der Waals surface area contributed by atoms with E-state index in [0.717, 1.165) is 5.69 Å². The first kappa shape index (κ1) is 16.0. The molecule has 0 aliphatic heterocycles. The lowest BCUT2D eigenvalue weighted by Gasteiger charge is -2.23. The van der Waals surface area contributed by atoms with Crippen molar-refractivity contribution in [2.75, 3.05) is 18.8 Å². The molecular formula is C13H23N5O2. The van der Waals surface area contributed by atoms with E-state index in [1.807, 2.05) is 20.8 Å². The lowest BCUT2D eigenvalue weighted by molar-refractivity contribution is -0.132. The van der Waals surface area contributed by atoms with Crippen molar-refractivity contribution in [3.63, 3.8) is 0 Å². The van der Waals surface area contributed by atoms with Gasteiger partial charge in [0, 0.05) is 13.1 Å². The lowest BCUT2D eigenvalue weighted by Crippen LogP contribution is -2.47. The zero-order valence-electron chi connectivity index (χ0n) is 12.5. The lowest BCUT2D eigenvalue weighted by atomic mass is 10.2. The molecule has 0 radical (unpaired) electrons. The van der Waals surface area contributed by atoms with E-state index in [1.54, 1.807) is 11.8 Å². The fourth-order valence-electron chi connectivity index (χ4n) is 1.97. The topological polar surface area (TPSA) is 104 Å². The summed E-state index contributed by atoms with van der Waals surface area (Å²) in [6.45, 7) is 8.59. The smallest absolute Gasteiger partial charge is 0.274 e. The van der Waals surface area contributed by atoms with Crippen LogP contribution in [0.5, 0.6) is 0 Å². The predicted molar refractivity (Wildman–Crippen MR) is 77.2 cm³/mol. The van der Waals surface area contributed by atoms with Crippen LogP contribution in [0.1, 0.15) is 43.9 Å². The Labute approximate surface area is 118 Å². The molecule has 0 fully saturated rings. The third-order valence-electron chi connectivity index (χ3n) is 3.24. The number of nitrogens with one attached hydrogen (secondary N) is 2. The number of nitrogens with zero attached hydrogens (tertiary/aromatic N) is 2. The fraction of sp³-hybridized carbons (Fsp3) is 0.615. The molecule has 20 heavy (non-hydrogen) atoms. The van der Waals surface area contributed by atoms with E-state index in [4.69, 9.17) is 5.73 Å². The van der Waals surface area contributed by atoms with Crippen LogP contribution in [0.25, 0.3) is 0 Å². The number of nitrogen functional groups attached to an aromatic ring is 1. The zero-order valence-corrected chi connectivity index (χ0v) is 12.5. The third kappa shape index (κ3) is 3.28. The summed E-state index contributed by atoms with van der Waals surface area (Å²) >= 11 is 0. The van der Waals surface area contributed by atoms with Gasteiger partial charge in [-0.15, -0.1) is 0 Å². The molecule has 1 heterocycles. The van der Waals surface area contributed by atoms with Crippen LogP contribution in [0.15, 0.2) is 0 Å². The molecule has 0 aliphatic rings. The van der Waals surface area contributed by atoms with Crippen molar-refractivity contribution in [3.8, 4) is 0 Å². The van der Waals surface area contributed by atoms with Crippen molar-refractivity contribution >= 4 is 17.5 Å². The molecule has 0 spiro atoms. The monoisotopic (exact) mass is 281 g/mol. The molecule has 2 amide bonds. The molecule has 4 N–H and O–H groups in total. The van der Waals surface area contributed by atoms with E-state index in [2.05, 4.69) is 15.5 Å². The summed E-state index contributed by atoms with van der Waals surface area (Å²) in [6.07, 6.45) is 0.667. The van der Waals surface area contributed by atoms with Gasteiger partial charge in [-0.2, -0.15) is 5.10 Å². The number of H-pyrrole nitrogens is 1. The zero-order chi connectivity index (χ0) is 15.3. The van der Waals surface area contributed by atoms with Crippen LogP contribution in [0, 0.1) is 0 Å². The van der Waals surface area contributed by atoms with Crippen molar-refractivity contribution in [2.24, 2.45) is 0 Å². The van der Waals surface area contributed by atoms with Crippen molar-refractivity contribution in [1.29, 1.82) is 0 Å². The Morgan fingerprint density at radius 3 is 2.40 bits per heavy atom. The summed E-state index contributed by atoms with van der Waals surface area (Å²) in [7, 11) is 0. The van der Waals surface area contributed by atoms with E-state index in [9.17, 15) is 9.59 Å². The summed E-state index contributed by atoms with van der Waals surface area (Å²) < 4.78 is 0. The van der Waals surface area contributed by atoms with Crippen molar-refractivity contribution in [3.05, 3.63) is 11.4 Å². The summed E-state index contributed by atoms with van der Waals surface area (Å²) in [4.78, 5) is 25.8. The highest BCUT2D eigenvalue weighted by atomic mass is 16.2. The third-order valence-corrected chi connectivity index (χ3v) is 3.24. The molecule has 0 bridgehead atoms. The Morgan fingerprint density at radius 1 is 1.35 bits per heavy atom. The van der Waals surface area contributed by atoms with Crippen molar-refractivity contribution < 1.29 is 9.59 Å². The number of nitrogens with two attached hydrogens (primary N) is 1. The van der Waals surface area contributed by atoms with Gasteiger partial charge < -0.3 is 16.0 Å². The number of likely N-dealkylation sites (N-methyl/N-ethyl adjacent to an activating group) is 1. The molecule has 0 aliphatic carbocycles. The van der Waals surface area contributed by atoms with Crippen LogP contribution in [-0.2, 0) is 11.2 Å². The number of aromatic amines is 1. The molecule has 7 heteroatoms. The maximum absolute atomic E-state index is 12.1. The first-order valence-corrected chi connectivity index (χ1v) is 6.88.